The van der Waals surface area contributed by atoms with Crippen molar-refractivity contribution in [2.75, 3.05) is 0 Å². The summed E-state index contributed by atoms with van der Waals surface area (Å²) in [5, 5.41) is 0. The first kappa shape index (κ1) is 26.4. The van der Waals surface area contributed by atoms with E-state index in [1.165, 1.54) is 37.6 Å². The second-order valence-electron chi connectivity index (χ2n) is 11.7. The number of nitrogens with zero attached hydrogens (tertiary/aromatic N) is 3. The molecule has 7 aromatic rings. The monoisotopic (exact) mass is 583 g/mol. The highest BCUT2D eigenvalue weighted by Crippen LogP contribution is 2.59. The summed E-state index contributed by atoms with van der Waals surface area (Å²) >= 11 is 1.91. The number of hydrogen-bond acceptors (Lipinski definition) is 4. The van der Waals surface area contributed by atoms with Gasteiger partial charge in [0.25, 0.3) is 0 Å². The smallest absolute Gasteiger partial charge is 0.164 e. The van der Waals surface area contributed by atoms with Gasteiger partial charge in [0.05, 0.1) is 0 Å². The van der Waals surface area contributed by atoms with E-state index in [0.717, 1.165) is 22.3 Å². The average molecular weight is 584 g/mol. The van der Waals surface area contributed by atoms with Gasteiger partial charge in [-0.25, -0.2) is 15.0 Å². The van der Waals surface area contributed by atoms with Crippen molar-refractivity contribution < 1.29 is 0 Å². The standard InChI is InChI=1S/C40H29N3S/c1-40(2)32-24-13-12-23-31(32)34-33(26-15-6-3-7-16-26)35(44-36(34)40)29-21-14-22-30(25-29)39-42-37(27-17-8-4-9-18-27)41-38(43-39)28-19-10-5-11-20-28/h3-25H,1-2H3. The quantitative estimate of drug-likeness (QED) is 0.202. The van der Waals surface area contributed by atoms with Crippen LogP contribution < -0.4 is 0 Å². The maximum atomic E-state index is 5.00. The molecule has 5 aromatic carbocycles. The number of fused-ring (bicyclic) bond motifs is 3. The molecule has 0 radical (unpaired) electrons. The van der Waals surface area contributed by atoms with E-state index in [4.69, 9.17) is 15.0 Å². The SMILES string of the molecule is CC1(C)c2ccccc2-c2c1sc(-c1cccc(-c3nc(-c4ccccc4)nc(-c4ccccc4)n3)c1)c2-c1ccccc1. The molecule has 4 heteroatoms. The Hall–Kier alpha value is -5.19. The topological polar surface area (TPSA) is 38.7 Å². The fourth-order valence-corrected chi connectivity index (χ4v) is 7.77. The van der Waals surface area contributed by atoms with Crippen LogP contribution in [0.15, 0.2) is 140 Å². The first-order chi connectivity index (χ1) is 21.6. The third-order valence-corrected chi connectivity index (χ3v) is 10.1. The summed E-state index contributed by atoms with van der Waals surface area (Å²) in [6.07, 6.45) is 0. The van der Waals surface area contributed by atoms with Crippen molar-refractivity contribution in [3.63, 3.8) is 0 Å². The average Bonchev–Trinajstić information content (AvgIpc) is 3.60. The zero-order valence-electron chi connectivity index (χ0n) is 24.5. The van der Waals surface area contributed by atoms with E-state index in [1.807, 2.05) is 72.0 Å². The highest BCUT2D eigenvalue weighted by molar-refractivity contribution is 7.17. The van der Waals surface area contributed by atoms with E-state index in [9.17, 15) is 0 Å². The van der Waals surface area contributed by atoms with Crippen LogP contribution in [0.25, 0.3) is 66.9 Å². The minimum atomic E-state index is -0.0701. The molecule has 2 heterocycles. The number of benzene rings is 5. The predicted molar refractivity (Wildman–Crippen MR) is 182 cm³/mol. The van der Waals surface area contributed by atoms with Gasteiger partial charge in [0.1, 0.15) is 0 Å². The van der Waals surface area contributed by atoms with E-state index >= 15 is 0 Å². The molecule has 0 fully saturated rings. The van der Waals surface area contributed by atoms with Crippen molar-refractivity contribution >= 4 is 11.3 Å². The van der Waals surface area contributed by atoms with Crippen LogP contribution in [-0.4, -0.2) is 15.0 Å². The molecule has 210 valence electrons. The van der Waals surface area contributed by atoms with E-state index in [0.29, 0.717) is 17.5 Å². The van der Waals surface area contributed by atoms with Crippen LogP contribution in [0.3, 0.4) is 0 Å². The molecule has 0 saturated carbocycles. The van der Waals surface area contributed by atoms with Crippen LogP contribution in [0.1, 0.15) is 24.3 Å². The van der Waals surface area contributed by atoms with Gasteiger partial charge in [-0.2, -0.15) is 0 Å². The molecule has 8 rings (SSSR count). The number of aromatic nitrogens is 3. The molecule has 3 nitrogen and oxygen atoms in total. The molecule has 2 aromatic heterocycles. The lowest BCUT2D eigenvalue weighted by Gasteiger charge is -2.20. The molecule has 0 saturated heterocycles. The van der Waals surface area contributed by atoms with Crippen molar-refractivity contribution in [2.45, 2.75) is 19.3 Å². The summed E-state index contributed by atoms with van der Waals surface area (Å²) in [6, 6.07) is 48.6. The van der Waals surface area contributed by atoms with Crippen LogP contribution in [-0.2, 0) is 5.41 Å². The fraction of sp³-hybridized carbons (Fsp3) is 0.0750. The van der Waals surface area contributed by atoms with E-state index in [1.54, 1.807) is 0 Å². The summed E-state index contributed by atoms with van der Waals surface area (Å²) < 4.78 is 0. The Bertz CT molecular complexity index is 2070. The second-order valence-corrected chi connectivity index (χ2v) is 12.7. The third-order valence-electron chi connectivity index (χ3n) is 8.49. The van der Waals surface area contributed by atoms with Gasteiger partial charge in [-0.1, -0.05) is 147 Å². The lowest BCUT2D eigenvalue weighted by Crippen LogP contribution is -2.13. The first-order valence-electron chi connectivity index (χ1n) is 14.9. The molecule has 0 N–H and O–H groups in total. The minimum absolute atomic E-state index is 0.0701. The molecule has 0 unspecified atom stereocenters. The molecule has 0 aliphatic heterocycles. The zero-order valence-corrected chi connectivity index (χ0v) is 25.3. The highest BCUT2D eigenvalue weighted by atomic mass is 32.1. The lowest BCUT2D eigenvalue weighted by atomic mass is 9.87. The second kappa shape index (κ2) is 10.5. The van der Waals surface area contributed by atoms with Crippen molar-refractivity contribution in [1.29, 1.82) is 0 Å². The van der Waals surface area contributed by atoms with Gasteiger partial charge in [0.15, 0.2) is 17.5 Å². The van der Waals surface area contributed by atoms with E-state index in [-0.39, 0.29) is 5.41 Å². The fourth-order valence-electron chi connectivity index (χ4n) is 6.32. The summed E-state index contributed by atoms with van der Waals surface area (Å²) in [6.45, 7) is 4.70. The van der Waals surface area contributed by atoms with Gasteiger partial charge < -0.3 is 0 Å². The molecule has 0 amide bonds. The van der Waals surface area contributed by atoms with E-state index in [2.05, 4.69) is 92.7 Å². The van der Waals surface area contributed by atoms with Gasteiger partial charge in [0, 0.05) is 43.0 Å². The molecule has 0 atom stereocenters. The summed E-state index contributed by atoms with van der Waals surface area (Å²) in [5.41, 5.74) is 10.6. The van der Waals surface area contributed by atoms with Crippen LogP contribution in [0, 0.1) is 0 Å². The Morgan fingerprint density at radius 2 is 0.932 bits per heavy atom. The molecule has 0 spiro atoms. The molecule has 0 bridgehead atoms. The Morgan fingerprint density at radius 1 is 0.455 bits per heavy atom. The lowest BCUT2D eigenvalue weighted by molar-refractivity contribution is 0.674. The number of thiophene rings is 1. The van der Waals surface area contributed by atoms with Crippen molar-refractivity contribution in [1.82, 2.24) is 15.0 Å². The predicted octanol–water partition coefficient (Wildman–Crippen LogP) is 10.6. The van der Waals surface area contributed by atoms with Crippen LogP contribution in [0.4, 0.5) is 0 Å². The summed E-state index contributed by atoms with van der Waals surface area (Å²) in [4.78, 5) is 17.6. The Balaban J connectivity index is 1.33. The van der Waals surface area contributed by atoms with Crippen molar-refractivity contribution in [3.05, 3.63) is 150 Å². The van der Waals surface area contributed by atoms with Crippen LogP contribution in [0.2, 0.25) is 0 Å². The maximum absolute atomic E-state index is 5.00. The van der Waals surface area contributed by atoms with Gasteiger partial charge in [-0.05, 0) is 28.3 Å². The summed E-state index contributed by atoms with van der Waals surface area (Å²) in [5.74, 6) is 1.99. The molecule has 44 heavy (non-hydrogen) atoms. The van der Waals surface area contributed by atoms with Gasteiger partial charge in [0.2, 0.25) is 0 Å². The number of hydrogen-bond donors (Lipinski definition) is 0. The Labute approximate surface area is 261 Å². The first-order valence-corrected chi connectivity index (χ1v) is 15.7. The Morgan fingerprint density at radius 3 is 1.55 bits per heavy atom. The van der Waals surface area contributed by atoms with E-state index < -0.39 is 0 Å². The largest absolute Gasteiger partial charge is 0.208 e. The third kappa shape index (κ3) is 4.38. The minimum Gasteiger partial charge on any atom is -0.208 e. The van der Waals surface area contributed by atoms with Crippen LogP contribution in [0.5, 0.6) is 0 Å². The van der Waals surface area contributed by atoms with Gasteiger partial charge in [-0.3, -0.25) is 0 Å². The van der Waals surface area contributed by atoms with Gasteiger partial charge in [-0.15, -0.1) is 11.3 Å². The zero-order chi connectivity index (χ0) is 29.7. The van der Waals surface area contributed by atoms with Gasteiger partial charge >= 0.3 is 0 Å². The number of rotatable bonds is 5. The van der Waals surface area contributed by atoms with Crippen molar-refractivity contribution in [3.8, 4) is 66.9 Å². The van der Waals surface area contributed by atoms with Crippen LogP contribution >= 0.6 is 11.3 Å². The maximum Gasteiger partial charge on any atom is 0.164 e. The summed E-state index contributed by atoms with van der Waals surface area (Å²) in [7, 11) is 0. The molecular weight excluding hydrogens is 555 g/mol. The molecule has 1 aliphatic carbocycles. The highest BCUT2D eigenvalue weighted by Gasteiger charge is 2.40. The molecular formula is C40H29N3S. The van der Waals surface area contributed by atoms with Crippen molar-refractivity contribution in [2.24, 2.45) is 0 Å². The molecule has 1 aliphatic rings. The normalized spacial score (nSPS) is 13.0. The Kier molecular flexibility index (Phi) is 6.32.